The number of nitrogens with zero attached hydrogens (tertiary/aromatic N) is 2. The second kappa shape index (κ2) is 4.68. The summed E-state index contributed by atoms with van der Waals surface area (Å²) < 4.78 is 25.4. The van der Waals surface area contributed by atoms with Gasteiger partial charge in [-0.1, -0.05) is 0 Å². The predicted octanol–water partition coefficient (Wildman–Crippen LogP) is 1.14. The molecule has 0 unspecified atom stereocenters. The van der Waals surface area contributed by atoms with Crippen LogP contribution in [0.4, 0.5) is 20.3 Å². The van der Waals surface area contributed by atoms with Gasteiger partial charge in [0.05, 0.1) is 11.3 Å². The van der Waals surface area contributed by atoms with Gasteiger partial charge < -0.3 is 10.8 Å². The van der Waals surface area contributed by atoms with Crippen molar-refractivity contribution in [3.63, 3.8) is 0 Å². The molecule has 0 saturated heterocycles. The monoisotopic (exact) mass is 247 g/mol. The van der Waals surface area contributed by atoms with Gasteiger partial charge in [0, 0.05) is 6.20 Å². The van der Waals surface area contributed by atoms with Crippen molar-refractivity contribution in [3.8, 4) is 0 Å². The number of alkyl halides is 2. The first-order valence-corrected chi connectivity index (χ1v) is 4.26. The standard InChI is InChI=1S/C8H7F2N3O4/c9-7(10)5-3(1-4(14)15)2-12-8(11)6(5)13(16)17/h2,7H,1H2,(H2,11,12)(H,14,15). The highest BCUT2D eigenvalue weighted by Crippen LogP contribution is 2.35. The number of aromatic nitrogens is 1. The lowest BCUT2D eigenvalue weighted by molar-refractivity contribution is -0.385. The molecule has 17 heavy (non-hydrogen) atoms. The van der Waals surface area contributed by atoms with Crippen LogP contribution in [0.1, 0.15) is 17.6 Å². The fourth-order valence-corrected chi connectivity index (χ4v) is 1.31. The Kier molecular flexibility index (Phi) is 3.51. The van der Waals surface area contributed by atoms with E-state index in [-0.39, 0.29) is 0 Å². The van der Waals surface area contributed by atoms with Gasteiger partial charge in [0.2, 0.25) is 5.82 Å². The van der Waals surface area contributed by atoms with E-state index in [1.165, 1.54) is 0 Å². The van der Waals surface area contributed by atoms with Crippen LogP contribution in [0, 0.1) is 10.1 Å². The quantitative estimate of drug-likeness (QED) is 0.608. The first kappa shape index (κ1) is 12.7. The van der Waals surface area contributed by atoms with Crippen molar-refractivity contribution >= 4 is 17.5 Å². The summed E-state index contributed by atoms with van der Waals surface area (Å²) in [5, 5.41) is 19.1. The van der Waals surface area contributed by atoms with Crippen LogP contribution in [0.5, 0.6) is 0 Å². The second-order valence-corrected chi connectivity index (χ2v) is 3.06. The molecule has 0 radical (unpaired) electrons. The van der Waals surface area contributed by atoms with Crippen LogP contribution in [0.15, 0.2) is 6.20 Å². The van der Waals surface area contributed by atoms with Gasteiger partial charge >= 0.3 is 11.7 Å². The number of nitrogen functional groups attached to an aromatic ring is 1. The maximum Gasteiger partial charge on any atom is 0.320 e. The average Bonchev–Trinajstić information content (AvgIpc) is 2.18. The van der Waals surface area contributed by atoms with Crippen molar-refractivity contribution < 1.29 is 23.6 Å². The lowest BCUT2D eigenvalue weighted by Gasteiger charge is -2.08. The third-order valence-corrected chi connectivity index (χ3v) is 1.95. The van der Waals surface area contributed by atoms with E-state index in [1.54, 1.807) is 0 Å². The number of nitrogens with two attached hydrogens (primary N) is 1. The summed E-state index contributed by atoms with van der Waals surface area (Å²) in [6.07, 6.45) is -3.18. The van der Waals surface area contributed by atoms with Crippen LogP contribution in [0.3, 0.4) is 0 Å². The summed E-state index contributed by atoms with van der Waals surface area (Å²) in [7, 11) is 0. The molecule has 1 aromatic rings. The number of halogens is 2. The van der Waals surface area contributed by atoms with E-state index in [0.29, 0.717) is 0 Å². The van der Waals surface area contributed by atoms with Gasteiger partial charge in [0.25, 0.3) is 6.43 Å². The van der Waals surface area contributed by atoms with Crippen molar-refractivity contribution in [2.75, 3.05) is 5.73 Å². The predicted molar refractivity (Wildman–Crippen MR) is 51.6 cm³/mol. The lowest BCUT2D eigenvalue weighted by atomic mass is 10.1. The molecule has 0 bridgehead atoms. The fraction of sp³-hybridized carbons (Fsp3) is 0.250. The Hall–Kier alpha value is -2.32. The smallest absolute Gasteiger partial charge is 0.320 e. The number of nitro groups is 1. The highest BCUT2D eigenvalue weighted by molar-refractivity contribution is 5.72. The van der Waals surface area contributed by atoms with Crippen LogP contribution in [-0.2, 0) is 11.2 Å². The maximum atomic E-state index is 12.7. The third-order valence-electron chi connectivity index (χ3n) is 1.95. The van der Waals surface area contributed by atoms with E-state index in [0.717, 1.165) is 6.20 Å². The zero-order valence-corrected chi connectivity index (χ0v) is 8.26. The Labute approximate surface area is 93.0 Å². The summed E-state index contributed by atoms with van der Waals surface area (Å²) >= 11 is 0. The maximum absolute atomic E-state index is 12.7. The average molecular weight is 247 g/mol. The molecule has 0 atom stereocenters. The molecule has 1 aromatic heterocycles. The van der Waals surface area contributed by atoms with Crippen molar-refractivity contribution in [2.45, 2.75) is 12.8 Å². The van der Waals surface area contributed by atoms with Crippen LogP contribution in [0.2, 0.25) is 0 Å². The van der Waals surface area contributed by atoms with Gasteiger partial charge in [0.15, 0.2) is 0 Å². The number of hydrogen-bond donors (Lipinski definition) is 2. The molecule has 1 rings (SSSR count). The molecule has 9 heteroatoms. The SMILES string of the molecule is Nc1ncc(CC(=O)O)c(C(F)F)c1[N+](=O)[O-]. The van der Waals surface area contributed by atoms with E-state index in [1.807, 2.05) is 0 Å². The Bertz CT molecular complexity index is 478. The van der Waals surface area contributed by atoms with E-state index in [9.17, 15) is 23.7 Å². The molecule has 0 aliphatic rings. The molecule has 0 fully saturated rings. The Balaban J connectivity index is 3.47. The minimum atomic E-state index is -3.20. The number of pyridine rings is 1. The number of carboxylic acid groups (broad SMARTS) is 1. The minimum absolute atomic E-state index is 0.423. The number of anilines is 1. The highest BCUT2D eigenvalue weighted by Gasteiger charge is 2.30. The molecule has 7 nitrogen and oxygen atoms in total. The Morgan fingerprint density at radius 1 is 1.65 bits per heavy atom. The summed E-state index contributed by atoms with van der Waals surface area (Å²) in [5.74, 6) is -2.06. The van der Waals surface area contributed by atoms with E-state index < -0.39 is 46.4 Å². The third kappa shape index (κ3) is 2.62. The normalized spacial score (nSPS) is 10.5. The van der Waals surface area contributed by atoms with E-state index in [4.69, 9.17) is 10.8 Å². The summed E-state index contributed by atoms with van der Waals surface area (Å²) in [6, 6.07) is 0. The number of carbonyl (C=O) groups is 1. The van der Waals surface area contributed by atoms with Crippen molar-refractivity contribution in [1.82, 2.24) is 4.98 Å². The van der Waals surface area contributed by atoms with Gasteiger partial charge in [-0.3, -0.25) is 14.9 Å². The van der Waals surface area contributed by atoms with Gasteiger partial charge in [-0.05, 0) is 5.56 Å². The Morgan fingerprint density at radius 3 is 2.65 bits per heavy atom. The van der Waals surface area contributed by atoms with E-state index >= 15 is 0 Å². The summed E-state index contributed by atoms with van der Waals surface area (Å²) in [6.45, 7) is 0. The molecule has 0 saturated carbocycles. The zero-order chi connectivity index (χ0) is 13.2. The second-order valence-electron chi connectivity index (χ2n) is 3.06. The molecule has 92 valence electrons. The molecular formula is C8H7F2N3O4. The molecule has 0 aliphatic carbocycles. The molecule has 1 heterocycles. The summed E-state index contributed by atoms with van der Waals surface area (Å²) in [4.78, 5) is 23.3. The van der Waals surface area contributed by atoms with Crippen LogP contribution in [0.25, 0.3) is 0 Å². The van der Waals surface area contributed by atoms with Gasteiger partial charge in [-0.25, -0.2) is 13.8 Å². The summed E-state index contributed by atoms with van der Waals surface area (Å²) in [5.41, 5.74) is 2.67. The van der Waals surface area contributed by atoms with Gasteiger partial charge in [0.1, 0.15) is 5.56 Å². The zero-order valence-electron chi connectivity index (χ0n) is 8.26. The first-order chi connectivity index (χ1) is 7.84. The molecule has 0 amide bonds. The molecular weight excluding hydrogens is 240 g/mol. The number of aliphatic carboxylic acids is 1. The van der Waals surface area contributed by atoms with Crippen LogP contribution >= 0.6 is 0 Å². The molecule has 0 spiro atoms. The largest absolute Gasteiger partial charge is 0.481 e. The first-order valence-electron chi connectivity index (χ1n) is 4.26. The number of rotatable bonds is 4. The fourth-order valence-electron chi connectivity index (χ4n) is 1.31. The molecule has 3 N–H and O–H groups in total. The lowest BCUT2D eigenvalue weighted by Crippen LogP contribution is -2.10. The molecule has 0 aromatic carbocycles. The molecule has 0 aliphatic heterocycles. The van der Waals surface area contributed by atoms with Gasteiger partial charge in [-0.2, -0.15) is 0 Å². The van der Waals surface area contributed by atoms with Crippen LogP contribution < -0.4 is 5.73 Å². The van der Waals surface area contributed by atoms with E-state index in [2.05, 4.69) is 4.98 Å². The highest BCUT2D eigenvalue weighted by atomic mass is 19.3. The Morgan fingerprint density at radius 2 is 2.24 bits per heavy atom. The van der Waals surface area contributed by atoms with Crippen molar-refractivity contribution in [1.29, 1.82) is 0 Å². The number of hydrogen-bond acceptors (Lipinski definition) is 5. The van der Waals surface area contributed by atoms with Crippen LogP contribution in [-0.4, -0.2) is 21.0 Å². The van der Waals surface area contributed by atoms with Gasteiger partial charge in [-0.15, -0.1) is 0 Å². The number of carboxylic acids is 1. The topological polar surface area (TPSA) is 119 Å². The van der Waals surface area contributed by atoms with Crippen molar-refractivity contribution in [2.24, 2.45) is 0 Å². The minimum Gasteiger partial charge on any atom is -0.481 e. The van der Waals surface area contributed by atoms with Crippen molar-refractivity contribution in [3.05, 3.63) is 27.4 Å².